The number of carbonyl (C=O) groups is 4. The molecule has 38 heavy (non-hydrogen) atoms. The highest BCUT2D eigenvalue weighted by molar-refractivity contribution is 5.90. The molecule has 5 N–H and O–H groups in total. The van der Waals surface area contributed by atoms with Gasteiger partial charge in [-0.2, -0.15) is 0 Å². The van der Waals surface area contributed by atoms with Gasteiger partial charge in [0.1, 0.15) is 24.3 Å². The molecule has 0 fully saturated rings. The lowest BCUT2D eigenvalue weighted by atomic mass is 10.0. The van der Waals surface area contributed by atoms with Gasteiger partial charge in [0.15, 0.2) is 0 Å². The number of unbranched alkanes of at least 4 members (excludes halogenated alkanes) is 1. The molecule has 0 saturated heterocycles. The summed E-state index contributed by atoms with van der Waals surface area (Å²) in [6.07, 6.45) is 0.248. The summed E-state index contributed by atoms with van der Waals surface area (Å²) < 4.78 is 10.5. The Morgan fingerprint density at radius 3 is 2.00 bits per heavy atom. The van der Waals surface area contributed by atoms with Crippen LogP contribution >= 0.6 is 0 Å². The first-order valence-corrected chi connectivity index (χ1v) is 12.6. The summed E-state index contributed by atoms with van der Waals surface area (Å²) in [4.78, 5) is 49.3. The molecule has 2 atom stereocenters. The van der Waals surface area contributed by atoms with Gasteiger partial charge in [0.2, 0.25) is 11.8 Å². The van der Waals surface area contributed by atoms with E-state index in [1.165, 1.54) is 0 Å². The van der Waals surface area contributed by atoms with Crippen molar-refractivity contribution in [2.75, 3.05) is 6.54 Å². The average molecular weight is 527 g/mol. The highest BCUT2D eigenvalue weighted by Crippen LogP contribution is 2.10. The van der Waals surface area contributed by atoms with Crippen molar-refractivity contribution >= 4 is 24.0 Å². The molecule has 0 bridgehead atoms. The molecule has 0 radical (unpaired) electrons. The maximum atomic E-state index is 13.1. The van der Waals surface area contributed by atoms with Crippen molar-refractivity contribution in [2.24, 2.45) is 5.73 Å². The van der Waals surface area contributed by atoms with Gasteiger partial charge in [-0.05, 0) is 51.2 Å². The van der Waals surface area contributed by atoms with Crippen molar-refractivity contribution < 1.29 is 28.7 Å². The van der Waals surface area contributed by atoms with Crippen LogP contribution in [-0.4, -0.2) is 48.2 Å². The minimum absolute atomic E-state index is 0.171. The fourth-order valence-electron chi connectivity index (χ4n) is 3.50. The minimum atomic E-state index is -0.977. The summed E-state index contributed by atoms with van der Waals surface area (Å²) in [6.45, 7) is 5.67. The van der Waals surface area contributed by atoms with Crippen molar-refractivity contribution in [1.82, 2.24) is 16.0 Å². The summed E-state index contributed by atoms with van der Waals surface area (Å²) in [5.41, 5.74) is 6.49. The second-order valence-corrected chi connectivity index (χ2v) is 9.84. The third kappa shape index (κ3) is 12.2. The molecule has 0 aliphatic heterocycles. The molecule has 0 aliphatic carbocycles. The smallest absolute Gasteiger partial charge is 0.408 e. The van der Waals surface area contributed by atoms with Crippen LogP contribution in [0.3, 0.4) is 0 Å². The van der Waals surface area contributed by atoms with Crippen LogP contribution in [0.4, 0.5) is 9.59 Å². The van der Waals surface area contributed by atoms with Crippen LogP contribution in [-0.2, 0) is 32.1 Å². The number of rotatable bonds is 13. The highest BCUT2D eigenvalue weighted by Gasteiger charge is 2.27. The molecule has 2 aromatic rings. The van der Waals surface area contributed by atoms with Crippen LogP contribution in [0.2, 0.25) is 0 Å². The molecule has 0 aromatic heterocycles. The van der Waals surface area contributed by atoms with Crippen molar-refractivity contribution in [2.45, 2.75) is 70.7 Å². The number of alkyl carbamates (subject to hydrolysis) is 2. The lowest BCUT2D eigenvalue weighted by Crippen LogP contribution is -2.54. The first kappa shape index (κ1) is 30.1. The Labute approximate surface area is 223 Å². The SMILES string of the molecule is CC(C)(C)OC(=O)N[C@@H](Cc1ccccc1)C(=O)N[C@@H](CCCCNC(=O)OCc1ccccc1)C(N)=O. The second-order valence-electron chi connectivity index (χ2n) is 9.84. The van der Waals surface area contributed by atoms with Gasteiger partial charge < -0.3 is 31.2 Å². The number of carbonyl (C=O) groups excluding carboxylic acids is 4. The predicted octanol–water partition coefficient (Wildman–Crippen LogP) is 3.19. The number of hydrogen-bond acceptors (Lipinski definition) is 6. The molecule has 0 saturated carbocycles. The van der Waals surface area contributed by atoms with Crippen LogP contribution in [0.25, 0.3) is 0 Å². The Hall–Kier alpha value is -4.08. The largest absolute Gasteiger partial charge is 0.445 e. The van der Waals surface area contributed by atoms with E-state index in [-0.39, 0.29) is 19.4 Å². The molecule has 10 heteroatoms. The van der Waals surface area contributed by atoms with Crippen LogP contribution in [0.15, 0.2) is 60.7 Å². The highest BCUT2D eigenvalue weighted by atomic mass is 16.6. The van der Waals surface area contributed by atoms with Gasteiger partial charge in [0, 0.05) is 13.0 Å². The van der Waals surface area contributed by atoms with Gasteiger partial charge in [0.05, 0.1) is 0 Å². The predicted molar refractivity (Wildman–Crippen MR) is 143 cm³/mol. The van der Waals surface area contributed by atoms with E-state index in [4.69, 9.17) is 15.2 Å². The Morgan fingerprint density at radius 1 is 0.816 bits per heavy atom. The lowest BCUT2D eigenvalue weighted by molar-refractivity contribution is -0.128. The summed E-state index contributed by atoms with van der Waals surface area (Å²) >= 11 is 0. The molecule has 206 valence electrons. The molecule has 2 rings (SSSR count). The summed E-state index contributed by atoms with van der Waals surface area (Å²) in [6, 6.07) is 16.6. The zero-order valence-electron chi connectivity index (χ0n) is 22.2. The summed E-state index contributed by atoms with van der Waals surface area (Å²) in [5.74, 6) is -1.24. The van der Waals surface area contributed by atoms with Crippen molar-refractivity contribution in [1.29, 1.82) is 0 Å². The van der Waals surface area contributed by atoms with E-state index < -0.39 is 41.7 Å². The third-order valence-corrected chi connectivity index (χ3v) is 5.35. The van der Waals surface area contributed by atoms with Crippen molar-refractivity contribution in [3.63, 3.8) is 0 Å². The van der Waals surface area contributed by atoms with E-state index in [2.05, 4.69) is 16.0 Å². The van der Waals surface area contributed by atoms with E-state index in [1.807, 2.05) is 60.7 Å². The number of nitrogens with two attached hydrogens (primary N) is 1. The zero-order valence-corrected chi connectivity index (χ0v) is 22.2. The Balaban J connectivity index is 1.84. The molecule has 4 amide bonds. The summed E-state index contributed by atoms with van der Waals surface area (Å²) in [7, 11) is 0. The second kappa shape index (κ2) is 15.2. The average Bonchev–Trinajstić information content (AvgIpc) is 2.86. The van der Waals surface area contributed by atoms with E-state index in [0.29, 0.717) is 19.4 Å². The number of ether oxygens (including phenoxy) is 2. The Kier molecular flexibility index (Phi) is 12.1. The van der Waals surface area contributed by atoms with Gasteiger partial charge in [0.25, 0.3) is 0 Å². The van der Waals surface area contributed by atoms with Crippen LogP contribution in [0.5, 0.6) is 0 Å². The van der Waals surface area contributed by atoms with E-state index in [1.54, 1.807) is 20.8 Å². The number of nitrogens with one attached hydrogen (secondary N) is 3. The molecular formula is C28H38N4O6. The minimum Gasteiger partial charge on any atom is -0.445 e. The molecule has 0 heterocycles. The molecule has 10 nitrogen and oxygen atoms in total. The standard InChI is InChI=1S/C28H38N4O6/c1-28(2,3)38-27(36)32-23(18-20-12-6-4-7-13-20)25(34)31-22(24(29)33)16-10-11-17-30-26(35)37-19-21-14-8-5-9-15-21/h4-9,12-15,22-23H,10-11,16-19H2,1-3H3,(H2,29,33)(H,30,35)(H,31,34)(H,32,36)/t22-,23-/m0/s1. The van der Waals surface area contributed by atoms with Crippen LogP contribution in [0.1, 0.15) is 51.2 Å². The molecule has 0 unspecified atom stereocenters. The molecule has 0 aliphatic rings. The van der Waals surface area contributed by atoms with Gasteiger partial charge in [-0.25, -0.2) is 9.59 Å². The first-order valence-electron chi connectivity index (χ1n) is 12.6. The van der Waals surface area contributed by atoms with Gasteiger partial charge in [-0.15, -0.1) is 0 Å². The normalized spacial score (nSPS) is 12.5. The summed E-state index contributed by atoms with van der Waals surface area (Å²) in [5, 5.41) is 7.90. The van der Waals surface area contributed by atoms with Gasteiger partial charge in [-0.1, -0.05) is 60.7 Å². The Morgan fingerprint density at radius 2 is 1.42 bits per heavy atom. The van der Waals surface area contributed by atoms with E-state index in [9.17, 15) is 19.2 Å². The van der Waals surface area contributed by atoms with Crippen molar-refractivity contribution in [3.05, 3.63) is 71.8 Å². The number of hydrogen-bond donors (Lipinski definition) is 4. The quantitative estimate of drug-likeness (QED) is 0.295. The third-order valence-electron chi connectivity index (χ3n) is 5.35. The lowest BCUT2D eigenvalue weighted by Gasteiger charge is -2.25. The monoisotopic (exact) mass is 526 g/mol. The van der Waals surface area contributed by atoms with Crippen LogP contribution < -0.4 is 21.7 Å². The fourth-order valence-corrected chi connectivity index (χ4v) is 3.50. The van der Waals surface area contributed by atoms with Gasteiger partial charge in [-0.3, -0.25) is 9.59 Å². The van der Waals surface area contributed by atoms with E-state index >= 15 is 0 Å². The maximum Gasteiger partial charge on any atom is 0.408 e. The van der Waals surface area contributed by atoms with Gasteiger partial charge >= 0.3 is 12.2 Å². The van der Waals surface area contributed by atoms with Crippen molar-refractivity contribution in [3.8, 4) is 0 Å². The Bertz CT molecular complexity index is 1040. The first-order chi connectivity index (χ1) is 18.0. The molecule has 0 spiro atoms. The van der Waals surface area contributed by atoms with E-state index in [0.717, 1.165) is 11.1 Å². The zero-order chi connectivity index (χ0) is 28.0. The molecule has 2 aromatic carbocycles. The fraction of sp³-hybridized carbons (Fsp3) is 0.429. The molecular weight excluding hydrogens is 488 g/mol. The number of primary amides is 1. The topological polar surface area (TPSA) is 149 Å². The van der Waals surface area contributed by atoms with Crippen LogP contribution in [0, 0.1) is 0 Å². The number of amides is 4. The maximum absolute atomic E-state index is 13.1. The number of benzene rings is 2.